The lowest BCUT2D eigenvalue weighted by Gasteiger charge is -2.55. The molecule has 3 aliphatic heterocycles. The Kier molecular flexibility index (Phi) is 3.88. The van der Waals surface area contributed by atoms with Crippen LogP contribution in [0.5, 0.6) is 0 Å². The van der Waals surface area contributed by atoms with E-state index in [4.69, 9.17) is 0 Å². The molecule has 0 radical (unpaired) electrons. The Labute approximate surface area is 158 Å². The third-order valence-electron chi connectivity index (χ3n) is 6.50. The molecule has 142 valence electrons. The van der Waals surface area contributed by atoms with Gasteiger partial charge in [-0.1, -0.05) is 0 Å². The number of amides is 2. The quantitative estimate of drug-likeness (QED) is 0.759. The molecule has 27 heavy (non-hydrogen) atoms. The summed E-state index contributed by atoms with van der Waals surface area (Å²) in [6.07, 6.45) is 11.6. The Bertz CT molecular complexity index is 833. The fourth-order valence-corrected chi connectivity index (χ4v) is 4.95. The molecular formula is C21H25FN4O. The molecule has 6 heteroatoms. The van der Waals surface area contributed by atoms with Gasteiger partial charge in [0.15, 0.2) is 0 Å². The van der Waals surface area contributed by atoms with Crippen molar-refractivity contribution >= 4 is 17.4 Å². The molecule has 0 aromatic heterocycles. The second kappa shape index (κ2) is 6.29. The number of hydrogen-bond donors (Lipinski definition) is 3. The van der Waals surface area contributed by atoms with Crippen LogP contribution in [0, 0.1) is 24.6 Å². The molecule has 2 amide bonds. The zero-order chi connectivity index (χ0) is 18.5. The van der Waals surface area contributed by atoms with Crippen LogP contribution in [-0.4, -0.2) is 23.0 Å². The number of halogens is 1. The Hall–Kier alpha value is -2.50. The van der Waals surface area contributed by atoms with Crippen LogP contribution in [0.15, 0.2) is 30.5 Å². The van der Waals surface area contributed by atoms with E-state index in [1.54, 1.807) is 12.3 Å². The minimum Gasteiger partial charge on any atom is -0.318 e. The predicted molar refractivity (Wildman–Crippen MR) is 103 cm³/mol. The number of carbonyl (C=O) groups excluding carboxylic acids is 1. The fourth-order valence-electron chi connectivity index (χ4n) is 4.95. The molecule has 2 aliphatic carbocycles. The number of nitrogens with zero attached hydrogens (tertiary/aromatic N) is 1. The zero-order valence-corrected chi connectivity index (χ0v) is 15.5. The number of hydrogen-bond acceptors (Lipinski definition) is 3. The van der Waals surface area contributed by atoms with E-state index in [9.17, 15) is 9.18 Å². The molecule has 5 nitrogen and oxygen atoms in total. The van der Waals surface area contributed by atoms with Gasteiger partial charge in [0.05, 0.1) is 11.4 Å². The van der Waals surface area contributed by atoms with Gasteiger partial charge in [0.2, 0.25) is 0 Å². The van der Waals surface area contributed by atoms with Crippen LogP contribution in [0.1, 0.15) is 43.2 Å². The maximum Gasteiger partial charge on any atom is 0.322 e. The van der Waals surface area contributed by atoms with E-state index in [0.717, 1.165) is 47.9 Å². The summed E-state index contributed by atoms with van der Waals surface area (Å²) in [6.45, 7) is 1.86. The van der Waals surface area contributed by atoms with Gasteiger partial charge < -0.3 is 21.1 Å². The SMILES string of the molecule is Cc1cc(F)c(NC(=O)N2C3CC(C4CC4)CC2C3)cc1C1=CC=CNN1. The van der Waals surface area contributed by atoms with Crippen molar-refractivity contribution in [1.29, 1.82) is 0 Å². The van der Waals surface area contributed by atoms with Crippen molar-refractivity contribution in [3.63, 3.8) is 0 Å². The number of carbonyl (C=O) groups is 1. The lowest BCUT2D eigenvalue weighted by atomic mass is 9.72. The summed E-state index contributed by atoms with van der Waals surface area (Å²) >= 11 is 0. The summed E-state index contributed by atoms with van der Waals surface area (Å²) in [5.41, 5.74) is 8.74. The molecule has 2 saturated heterocycles. The van der Waals surface area contributed by atoms with Gasteiger partial charge in [-0.15, -0.1) is 0 Å². The Morgan fingerprint density at radius 2 is 1.96 bits per heavy atom. The van der Waals surface area contributed by atoms with Crippen molar-refractivity contribution in [3.8, 4) is 0 Å². The highest BCUT2D eigenvalue weighted by Gasteiger charge is 2.50. The lowest BCUT2D eigenvalue weighted by Crippen LogP contribution is -2.64. The minimum absolute atomic E-state index is 0.164. The largest absolute Gasteiger partial charge is 0.322 e. The van der Waals surface area contributed by atoms with E-state index in [2.05, 4.69) is 16.2 Å². The van der Waals surface area contributed by atoms with Crippen molar-refractivity contribution in [2.45, 2.75) is 51.1 Å². The number of nitrogens with one attached hydrogen (secondary N) is 3. The number of benzene rings is 1. The fraction of sp³-hybridized carbons (Fsp3) is 0.476. The molecular weight excluding hydrogens is 343 g/mol. The molecule has 1 aromatic rings. The average Bonchev–Trinajstić information content (AvgIpc) is 3.50. The monoisotopic (exact) mass is 368 g/mol. The highest BCUT2D eigenvalue weighted by molar-refractivity contribution is 5.91. The summed E-state index contributed by atoms with van der Waals surface area (Å²) in [5, 5.41) is 2.83. The van der Waals surface area contributed by atoms with Gasteiger partial charge in [-0.2, -0.15) is 0 Å². The van der Waals surface area contributed by atoms with Gasteiger partial charge >= 0.3 is 6.03 Å². The van der Waals surface area contributed by atoms with Crippen LogP contribution in [-0.2, 0) is 0 Å². The molecule has 1 aromatic carbocycles. The second-order valence-electron chi connectivity index (χ2n) is 8.31. The van der Waals surface area contributed by atoms with Gasteiger partial charge in [0.1, 0.15) is 5.82 Å². The Morgan fingerprint density at radius 3 is 2.63 bits per heavy atom. The van der Waals surface area contributed by atoms with Crippen LogP contribution >= 0.6 is 0 Å². The van der Waals surface area contributed by atoms with E-state index < -0.39 is 5.82 Å². The van der Waals surface area contributed by atoms with E-state index in [0.29, 0.717) is 12.1 Å². The number of fused-ring (bicyclic) bond motifs is 2. The van der Waals surface area contributed by atoms with Crippen LogP contribution in [0.4, 0.5) is 14.9 Å². The topological polar surface area (TPSA) is 56.4 Å². The number of piperidine rings is 1. The predicted octanol–water partition coefficient (Wildman–Crippen LogP) is 3.89. The number of anilines is 1. The standard InChI is InChI=1S/C21H25FN4O/c1-12-7-18(22)20(11-17(12)19-3-2-6-23-25-19)24-21(27)26-15-8-14(13-4-5-13)9-16(26)10-15/h2-3,6-7,11,13-16,23,25H,4-5,8-10H2,1H3,(H,24,27). The van der Waals surface area contributed by atoms with Crippen LogP contribution in [0.2, 0.25) is 0 Å². The van der Waals surface area contributed by atoms with E-state index in [-0.39, 0.29) is 11.7 Å². The molecule has 2 bridgehead atoms. The summed E-state index contributed by atoms with van der Waals surface area (Å²) < 4.78 is 14.5. The van der Waals surface area contributed by atoms with Gasteiger partial charge in [-0.25, -0.2) is 9.18 Å². The highest BCUT2D eigenvalue weighted by atomic mass is 19.1. The van der Waals surface area contributed by atoms with Crippen molar-refractivity contribution in [2.75, 3.05) is 5.32 Å². The summed E-state index contributed by atoms with van der Waals surface area (Å²) in [7, 11) is 0. The zero-order valence-electron chi connectivity index (χ0n) is 15.5. The Morgan fingerprint density at radius 1 is 1.19 bits per heavy atom. The first-order valence-electron chi connectivity index (χ1n) is 9.88. The van der Waals surface area contributed by atoms with Crippen LogP contribution in [0.3, 0.4) is 0 Å². The van der Waals surface area contributed by atoms with Gasteiger partial charge in [0.25, 0.3) is 0 Å². The summed E-state index contributed by atoms with van der Waals surface area (Å²) in [6, 6.07) is 3.69. The molecule has 3 N–H and O–H groups in total. The molecule has 3 heterocycles. The Balaban J connectivity index is 1.32. The molecule has 4 fully saturated rings. The number of hydrazine groups is 1. The van der Waals surface area contributed by atoms with Crippen molar-refractivity contribution in [2.24, 2.45) is 11.8 Å². The second-order valence-corrected chi connectivity index (χ2v) is 8.31. The first-order valence-corrected chi connectivity index (χ1v) is 9.88. The van der Waals surface area contributed by atoms with Crippen LogP contribution in [0.25, 0.3) is 5.70 Å². The summed E-state index contributed by atoms with van der Waals surface area (Å²) in [4.78, 5) is 14.8. The van der Waals surface area contributed by atoms with Crippen molar-refractivity contribution in [3.05, 3.63) is 47.4 Å². The molecule has 0 spiro atoms. The summed E-state index contributed by atoms with van der Waals surface area (Å²) in [5.74, 6) is 1.30. The maximum atomic E-state index is 14.5. The molecule has 2 atom stereocenters. The first-order chi connectivity index (χ1) is 13.1. The molecule has 6 rings (SSSR count). The number of urea groups is 1. The first kappa shape index (κ1) is 16.7. The van der Waals surface area contributed by atoms with E-state index in [1.165, 1.54) is 18.9 Å². The average molecular weight is 368 g/mol. The molecule has 5 aliphatic rings. The third-order valence-corrected chi connectivity index (χ3v) is 6.50. The van der Waals surface area contributed by atoms with Gasteiger partial charge in [0, 0.05) is 23.8 Å². The number of rotatable bonds is 3. The van der Waals surface area contributed by atoms with Crippen molar-refractivity contribution in [1.82, 2.24) is 15.8 Å². The van der Waals surface area contributed by atoms with Crippen molar-refractivity contribution < 1.29 is 9.18 Å². The highest BCUT2D eigenvalue weighted by Crippen LogP contribution is 2.50. The third kappa shape index (κ3) is 2.97. The maximum absolute atomic E-state index is 14.5. The normalized spacial score (nSPS) is 28.6. The number of allylic oxidation sites excluding steroid dienone is 2. The van der Waals surface area contributed by atoms with E-state index in [1.807, 2.05) is 24.0 Å². The van der Waals surface area contributed by atoms with Gasteiger partial charge in [-0.3, -0.25) is 0 Å². The smallest absolute Gasteiger partial charge is 0.318 e. The number of aryl methyl sites for hydroxylation is 1. The molecule has 2 saturated carbocycles. The van der Waals surface area contributed by atoms with E-state index >= 15 is 0 Å². The lowest BCUT2D eigenvalue weighted by molar-refractivity contribution is -0.0157. The minimum atomic E-state index is -0.397. The van der Waals surface area contributed by atoms with Gasteiger partial charge in [-0.05, 0) is 80.7 Å². The van der Waals surface area contributed by atoms with Crippen LogP contribution < -0.4 is 16.2 Å². The molecule has 2 unspecified atom stereocenters.